The van der Waals surface area contributed by atoms with E-state index < -0.39 is 0 Å². The van der Waals surface area contributed by atoms with E-state index in [2.05, 4.69) is 15.3 Å². The first kappa shape index (κ1) is 10.7. The lowest BCUT2D eigenvalue weighted by atomic mass is 10.00. The molecule has 3 unspecified atom stereocenters. The number of thiazole rings is 1. The molecule has 88 valence electrons. The van der Waals surface area contributed by atoms with Crippen molar-refractivity contribution >= 4 is 11.3 Å². The maximum absolute atomic E-state index is 9.85. The highest BCUT2D eigenvalue weighted by Gasteiger charge is 2.41. The number of nitrogens with zero attached hydrogens (tertiary/aromatic N) is 2. The zero-order valence-electron chi connectivity index (χ0n) is 9.59. The van der Waals surface area contributed by atoms with E-state index in [1.807, 2.05) is 6.92 Å². The predicted molar refractivity (Wildman–Crippen MR) is 64.3 cm³/mol. The van der Waals surface area contributed by atoms with E-state index in [4.69, 9.17) is 0 Å². The summed E-state index contributed by atoms with van der Waals surface area (Å²) in [5, 5.41) is 13.2. The molecule has 0 bridgehead atoms. The van der Waals surface area contributed by atoms with Gasteiger partial charge >= 0.3 is 0 Å². The maximum atomic E-state index is 9.85. The molecule has 1 aliphatic heterocycles. The van der Waals surface area contributed by atoms with E-state index in [1.54, 1.807) is 11.3 Å². The molecule has 1 N–H and O–H groups in total. The van der Waals surface area contributed by atoms with Crippen LogP contribution in [0, 0.1) is 18.8 Å². The van der Waals surface area contributed by atoms with Crippen LogP contribution in [-0.4, -0.2) is 34.2 Å². The van der Waals surface area contributed by atoms with Crippen LogP contribution in [0.2, 0.25) is 0 Å². The summed E-state index contributed by atoms with van der Waals surface area (Å²) in [6.45, 7) is 5.23. The lowest BCUT2D eigenvalue weighted by Crippen LogP contribution is -2.24. The average molecular weight is 238 g/mol. The second-order valence-electron chi connectivity index (χ2n) is 5.15. The Labute approximate surface area is 100 Å². The molecule has 0 aromatic carbocycles. The minimum absolute atomic E-state index is 0.0481. The Hall–Kier alpha value is -0.450. The molecule has 2 aliphatic rings. The molecule has 1 aromatic rings. The van der Waals surface area contributed by atoms with Crippen molar-refractivity contribution in [3.63, 3.8) is 0 Å². The van der Waals surface area contributed by atoms with Crippen molar-refractivity contribution in [2.24, 2.45) is 11.8 Å². The zero-order valence-corrected chi connectivity index (χ0v) is 10.4. The van der Waals surface area contributed by atoms with Crippen LogP contribution in [0.1, 0.15) is 23.5 Å². The standard InChI is InChI=1S/C12H18N2OS/c1-8-7-16-12(13-8)6-14-4-9-2-3-11(15)10(9)5-14/h7,9-11,15H,2-6H2,1H3. The van der Waals surface area contributed by atoms with Gasteiger partial charge in [0, 0.05) is 30.1 Å². The Morgan fingerprint density at radius 2 is 2.38 bits per heavy atom. The Morgan fingerprint density at radius 1 is 1.50 bits per heavy atom. The average Bonchev–Trinajstić information content (AvgIpc) is 2.88. The van der Waals surface area contributed by atoms with Crippen molar-refractivity contribution in [3.05, 3.63) is 16.1 Å². The number of rotatable bonds is 2. The van der Waals surface area contributed by atoms with Gasteiger partial charge in [-0.2, -0.15) is 0 Å². The lowest BCUT2D eigenvalue weighted by Gasteiger charge is -2.16. The van der Waals surface area contributed by atoms with Gasteiger partial charge in [0.15, 0.2) is 0 Å². The van der Waals surface area contributed by atoms with Gasteiger partial charge in [0.1, 0.15) is 5.01 Å². The topological polar surface area (TPSA) is 36.4 Å². The molecule has 3 atom stereocenters. The van der Waals surface area contributed by atoms with Gasteiger partial charge in [-0.05, 0) is 25.7 Å². The van der Waals surface area contributed by atoms with Crippen LogP contribution in [0.4, 0.5) is 0 Å². The number of aryl methyl sites for hydroxylation is 1. The number of fused-ring (bicyclic) bond motifs is 1. The largest absolute Gasteiger partial charge is 0.393 e. The Morgan fingerprint density at radius 3 is 3.06 bits per heavy atom. The summed E-state index contributed by atoms with van der Waals surface area (Å²) in [6, 6.07) is 0. The summed E-state index contributed by atoms with van der Waals surface area (Å²) in [7, 11) is 0. The predicted octanol–water partition coefficient (Wildman–Crippen LogP) is 1.65. The summed E-state index contributed by atoms with van der Waals surface area (Å²) in [5.41, 5.74) is 1.12. The molecule has 2 heterocycles. The highest BCUT2D eigenvalue weighted by Crippen LogP contribution is 2.38. The summed E-state index contributed by atoms with van der Waals surface area (Å²) >= 11 is 1.75. The van der Waals surface area contributed by atoms with E-state index in [0.29, 0.717) is 5.92 Å². The summed E-state index contributed by atoms with van der Waals surface area (Å²) in [6.07, 6.45) is 2.17. The van der Waals surface area contributed by atoms with E-state index in [1.165, 1.54) is 11.4 Å². The van der Waals surface area contributed by atoms with Crippen molar-refractivity contribution in [2.75, 3.05) is 13.1 Å². The molecule has 3 rings (SSSR count). The Bertz CT molecular complexity index is 379. The SMILES string of the molecule is Cc1csc(CN2CC3CCC(O)C3C2)n1. The van der Waals surface area contributed by atoms with E-state index >= 15 is 0 Å². The highest BCUT2D eigenvalue weighted by molar-refractivity contribution is 7.09. The third-order valence-corrected chi connectivity index (χ3v) is 4.87. The molecule has 0 amide bonds. The van der Waals surface area contributed by atoms with Crippen molar-refractivity contribution in [2.45, 2.75) is 32.4 Å². The lowest BCUT2D eigenvalue weighted by molar-refractivity contribution is 0.123. The van der Waals surface area contributed by atoms with Gasteiger partial charge in [-0.3, -0.25) is 4.90 Å². The summed E-state index contributed by atoms with van der Waals surface area (Å²) in [5.74, 6) is 1.26. The molecule has 1 saturated carbocycles. The smallest absolute Gasteiger partial charge is 0.107 e. The van der Waals surface area contributed by atoms with Crippen molar-refractivity contribution in [1.29, 1.82) is 0 Å². The fraction of sp³-hybridized carbons (Fsp3) is 0.750. The Kier molecular flexibility index (Phi) is 2.73. The van der Waals surface area contributed by atoms with Crippen molar-refractivity contribution in [3.8, 4) is 0 Å². The fourth-order valence-electron chi connectivity index (χ4n) is 3.12. The van der Waals surface area contributed by atoms with Crippen LogP contribution >= 0.6 is 11.3 Å². The monoisotopic (exact) mass is 238 g/mol. The quantitative estimate of drug-likeness (QED) is 0.851. The third kappa shape index (κ3) is 1.90. The summed E-state index contributed by atoms with van der Waals surface area (Å²) in [4.78, 5) is 6.96. The van der Waals surface area contributed by atoms with E-state index in [0.717, 1.165) is 37.7 Å². The first-order valence-electron chi connectivity index (χ1n) is 6.04. The molecule has 0 radical (unpaired) electrons. The third-order valence-electron chi connectivity index (χ3n) is 3.92. The van der Waals surface area contributed by atoms with Crippen LogP contribution in [0.3, 0.4) is 0 Å². The van der Waals surface area contributed by atoms with Gasteiger partial charge in [-0.1, -0.05) is 0 Å². The summed E-state index contributed by atoms with van der Waals surface area (Å²) < 4.78 is 0. The molecule has 1 aliphatic carbocycles. The minimum atomic E-state index is -0.0481. The van der Waals surface area contributed by atoms with E-state index in [-0.39, 0.29) is 6.10 Å². The first-order valence-corrected chi connectivity index (χ1v) is 6.92. The molecule has 0 spiro atoms. The molecule has 3 nitrogen and oxygen atoms in total. The number of aliphatic hydroxyl groups excluding tert-OH is 1. The normalized spacial score (nSPS) is 34.5. The molecular formula is C12H18N2OS. The van der Waals surface area contributed by atoms with Crippen molar-refractivity contribution in [1.82, 2.24) is 9.88 Å². The molecule has 1 aromatic heterocycles. The molecule has 1 saturated heterocycles. The number of hydrogen-bond donors (Lipinski definition) is 1. The second kappa shape index (κ2) is 4.09. The molecule has 2 fully saturated rings. The fourth-order valence-corrected chi connectivity index (χ4v) is 3.94. The van der Waals surface area contributed by atoms with Gasteiger partial charge in [0.2, 0.25) is 0 Å². The van der Waals surface area contributed by atoms with Crippen LogP contribution in [-0.2, 0) is 6.54 Å². The van der Waals surface area contributed by atoms with Crippen molar-refractivity contribution < 1.29 is 5.11 Å². The van der Waals surface area contributed by atoms with Gasteiger partial charge in [-0.15, -0.1) is 11.3 Å². The zero-order chi connectivity index (χ0) is 11.1. The highest BCUT2D eigenvalue weighted by atomic mass is 32.1. The second-order valence-corrected chi connectivity index (χ2v) is 6.09. The first-order chi connectivity index (χ1) is 7.72. The number of likely N-dealkylation sites (tertiary alicyclic amines) is 1. The van der Waals surface area contributed by atoms with Crippen LogP contribution < -0.4 is 0 Å². The maximum Gasteiger partial charge on any atom is 0.107 e. The number of hydrogen-bond acceptors (Lipinski definition) is 4. The van der Waals surface area contributed by atoms with Crippen LogP contribution in [0.15, 0.2) is 5.38 Å². The molecular weight excluding hydrogens is 220 g/mol. The van der Waals surface area contributed by atoms with Gasteiger partial charge in [-0.25, -0.2) is 4.98 Å². The molecule has 4 heteroatoms. The van der Waals surface area contributed by atoms with Gasteiger partial charge in [0.05, 0.1) is 12.6 Å². The minimum Gasteiger partial charge on any atom is -0.393 e. The number of aliphatic hydroxyl groups is 1. The number of aromatic nitrogens is 1. The van der Waals surface area contributed by atoms with Gasteiger partial charge < -0.3 is 5.11 Å². The van der Waals surface area contributed by atoms with Gasteiger partial charge in [0.25, 0.3) is 0 Å². The molecule has 16 heavy (non-hydrogen) atoms. The van der Waals surface area contributed by atoms with E-state index in [9.17, 15) is 5.11 Å². The van der Waals surface area contributed by atoms with Crippen LogP contribution in [0.5, 0.6) is 0 Å². The van der Waals surface area contributed by atoms with Crippen LogP contribution in [0.25, 0.3) is 0 Å². The Balaban J connectivity index is 1.62.